The SMILES string of the molecule is CC(C)NCC(c1ccccc1)C1CC1. The van der Waals surface area contributed by atoms with Gasteiger partial charge in [0.05, 0.1) is 0 Å². The van der Waals surface area contributed by atoms with E-state index in [1.807, 2.05) is 0 Å². The van der Waals surface area contributed by atoms with Crippen LogP contribution >= 0.6 is 0 Å². The summed E-state index contributed by atoms with van der Waals surface area (Å²) in [7, 11) is 0. The zero-order valence-electron chi connectivity index (χ0n) is 9.74. The van der Waals surface area contributed by atoms with Crippen molar-refractivity contribution in [2.75, 3.05) is 6.54 Å². The molecule has 0 amide bonds. The molecule has 82 valence electrons. The molecule has 1 N–H and O–H groups in total. The lowest BCUT2D eigenvalue weighted by Gasteiger charge is -2.19. The van der Waals surface area contributed by atoms with Gasteiger partial charge in [0.2, 0.25) is 0 Å². The third-order valence-corrected chi connectivity index (χ3v) is 3.16. The molecule has 0 radical (unpaired) electrons. The minimum absolute atomic E-state index is 0.593. The Hall–Kier alpha value is -0.820. The number of nitrogens with one attached hydrogen (secondary N) is 1. The molecule has 0 saturated heterocycles. The van der Waals surface area contributed by atoms with Gasteiger partial charge in [0, 0.05) is 12.6 Å². The molecule has 1 unspecified atom stereocenters. The molecule has 1 aliphatic rings. The summed E-state index contributed by atoms with van der Waals surface area (Å²) >= 11 is 0. The summed E-state index contributed by atoms with van der Waals surface area (Å²) in [6.45, 7) is 5.57. The molecule has 0 heterocycles. The van der Waals surface area contributed by atoms with Crippen LogP contribution in [0.2, 0.25) is 0 Å². The van der Waals surface area contributed by atoms with E-state index in [0.717, 1.165) is 18.4 Å². The number of hydrogen-bond donors (Lipinski definition) is 1. The summed E-state index contributed by atoms with van der Waals surface area (Å²) in [6.07, 6.45) is 2.83. The van der Waals surface area contributed by atoms with E-state index in [-0.39, 0.29) is 0 Å². The summed E-state index contributed by atoms with van der Waals surface area (Å²) in [4.78, 5) is 0. The first-order valence-electron chi connectivity index (χ1n) is 6.05. The van der Waals surface area contributed by atoms with E-state index in [1.165, 1.54) is 18.4 Å². The first-order chi connectivity index (χ1) is 7.27. The average molecular weight is 203 g/mol. The molecule has 0 bridgehead atoms. The monoisotopic (exact) mass is 203 g/mol. The van der Waals surface area contributed by atoms with Crippen LogP contribution in [0.5, 0.6) is 0 Å². The van der Waals surface area contributed by atoms with Crippen LogP contribution in [0.1, 0.15) is 38.2 Å². The molecule has 15 heavy (non-hydrogen) atoms. The molecule has 0 aliphatic heterocycles. The van der Waals surface area contributed by atoms with Gasteiger partial charge in [0.1, 0.15) is 0 Å². The van der Waals surface area contributed by atoms with E-state index in [0.29, 0.717) is 6.04 Å². The van der Waals surface area contributed by atoms with Gasteiger partial charge in [-0.3, -0.25) is 0 Å². The van der Waals surface area contributed by atoms with Crippen molar-refractivity contribution in [3.8, 4) is 0 Å². The van der Waals surface area contributed by atoms with Crippen LogP contribution in [-0.4, -0.2) is 12.6 Å². The van der Waals surface area contributed by atoms with Crippen LogP contribution in [0.4, 0.5) is 0 Å². The van der Waals surface area contributed by atoms with Crippen molar-refractivity contribution >= 4 is 0 Å². The molecule has 1 aromatic rings. The van der Waals surface area contributed by atoms with Gasteiger partial charge in [0.25, 0.3) is 0 Å². The van der Waals surface area contributed by atoms with Crippen LogP contribution in [0.15, 0.2) is 30.3 Å². The van der Waals surface area contributed by atoms with E-state index in [1.54, 1.807) is 0 Å². The third kappa shape index (κ3) is 3.07. The Morgan fingerprint density at radius 2 is 1.87 bits per heavy atom. The van der Waals surface area contributed by atoms with Gasteiger partial charge in [-0.25, -0.2) is 0 Å². The fraction of sp³-hybridized carbons (Fsp3) is 0.571. The van der Waals surface area contributed by atoms with Gasteiger partial charge < -0.3 is 5.32 Å². The normalized spacial score (nSPS) is 18.1. The predicted octanol–water partition coefficient (Wildman–Crippen LogP) is 3.18. The number of benzene rings is 1. The molecule has 0 aromatic heterocycles. The Morgan fingerprint density at radius 1 is 1.20 bits per heavy atom. The van der Waals surface area contributed by atoms with Crippen LogP contribution < -0.4 is 5.32 Å². The number of rotatable bonds is 5. The molecule has 1 nitrogen and oxygen atoms in total. The minimum Gasteiger partial charge on any atom is -0.314 e. The molecule has 1 saturated carbocycles. The molecule has 2 rings (SSSR count). The third-order valence-electron chi connectivity index (χ3n) is 3.16. The molecule has 1 atom stereocenters. The van der Waals surface area contributed by atoms with Crippen LogP contribution in [-0.2, 0) is 0 Å². The smallest absolute Gasteiger partial charge is 0.00251 e. The second kappa shape index (κ2) is 4.80. The van der Waals surface area contributed by atoms with Crippen LogP contribution in [0, 0.1) is 5.92 Å². The fourth-order valence-corrected chi connectivity index (χ4v) is 2.12. The largest absolute Gasteiger partial charge is 0.314 e. The highest BCUT2D eigenvalue weighted by molar-refractivity contribution is 5.22. The van der Waals surface area contributed by atoms with E-state index in [9.17, 15) is 0 Å². The lowest BCUT2D eigenvalue weighted by molar-refractivity contribution is 0.496. The van der Waals surface area contributed by atoms with E-state index in [4.69, 9.17) is 0 Å². The van der Waals surface area contributed by atoms with Gasteiger partial charge in [-0.05, 0) is 30.2 Å². The van der Waals surface area contributed by atoms with Crippen molar-refractivity contribution < 1.29 is 0 Å². The topological polar surface area (TPSA) is 12.0 Å². The van der Waals surface area contributed by atoms with Gasteiger partial charge in [-0.2, -0.15) is 0 Å². The standard InChI is InChI=1S/C14H21N/c1-11(2)15-10-14(13-8-9-13)12-6-4-3-5-7-12/h3-7,11,13-15H,8-10H2,1-2H3. The van der Waals surface area contributed by atoms with Crippen molar-refractivity contribution in [3.05, 3.63) is 35.9 Å². The summed E-state index contributed by atoms with van der Waals surface area (Å²) < 4.78 is 0. The molecule has 1 fully saturated rings. The highest BCUT2D eigenvalue weighted by Crippen LogP contribution is 2.42. The predicted molar refractivity (Wildman–Crippen MR) is 65.0 cm³/mol. The molecule has 1 aliphatic carbocycles. The number of hydrogen-bond acceptors (Lipinski definition) is 1. The molecular weight excluding hydrogens is 182 g/mol. The molecule has 1 heteroatoms. The van der Waals surface area contributed by atoms with Crippen molar-refractivity contribution in [1.29, 1.82) is 0 Å². The fourth-order valence-electron chi connectivity index (χ4n) is 2.12. The van der Waals surface area contributed by atoms with E-state index < -0.39 is 0 Å². The maximum Gasteiger partial charge on any atom is 0.00251 e. The average Bonchev–Trinajstić information content (AvgIpc) is 3.03. The second-order valence-corrected chi connectivity index (χ2v) is 4.92. The summed E-state index contributed by atoms with van der Waals surface area (Å²) in [6, 6.07) is 11.5. The van der Waals surface area contributed by atoms with Crippen molar-refractivity contribution in [1.82, 2.24) is 5.32 Å². The second-order valence-electron chi connectivity index (χ2n) is 4.92. The first-order valence-corrected chi connectivity index (χ1v) is 6.05. The van der Waals surface area contributed by atoms with Gasteiger partial charge in [-0.15, -0.1) is 0 Å². The Balaban J connectivity index is 2.00. The van der Waals surface area contributed by atoms with Crippen LogP contribution in [0.3, 0.4) is 0 Å². The molecule has 1 aromatic carbocycles. The zero-order chi connectivity index (χ0) is 10.7. The maximum atomic E-state index is 3.57. The van der Waals surface area contributed by atoms with Gasteiger partial charge in [0.15, 0.2) is 0 Å². The Bertz CT molecular complexity index is 287. The minimum atomic E-state index is 0.593. The first kappa shape index (κ1) is 10.7. The molecule has 0 spiro atoms. The van der Waals surface area contributed by atoms with Crippen molar-refractivity contribution in [3.63, 3.8) is 0 Å². The highest BCUT2D eigenvalue weighted by atomic mass is 14.9. The zero-order valence-corrected chi connectivity index (χ0v) is 9.74. The molecular formula is C14H21N. The van der Waals surface area contributed by atoms with Crippen molar-refractivity contribution in [2.45, 2.75) is 38.6 Å². The quantitative estimate of drug-likeness (QED) is 0.775. The van der Waals surface area contributed by atoms with Crippen molar-refractivity contribution in [2.24, 2.45) is 5.92 Å². The van der Waals surface area contributed by atoms with Gasteiger partial charge >= 0.3 is 0 Å². The summed E-state index contributed by atoms with van der Waals surface area (Å²) in [5.74, 6) is 1.66. The highest BCUT2D eigenvalue weighted by Gasteiger charge is 2.31. The Kier molecular flexibility index (Phi) is 3.42. The Labute approximate surface area is 92.9 Å². The van der Waals surface area contributed by atoms with Gasteiger partial charge in [-0.1, -0.05) is 44.2 Å². The summed E-state index contributed by atoms with van der Waals surface area (Å²) in [5.41, 5.74) is 1.51. The van der Waals surface area contributed by atoms with E-state index >= 15 is 0 Å². The maximum absolute atomic E-state index is 3.57. The lowest BCUT2D eigenvalue weighted by Crippen LogP contribution is -2.28. The Morgan fingerprint density at radius 3 is 2.40 bits per heavy atom. The summed E-state index contributed by atoms with van der Waals surface area (Å²) in [5, 5.41) is 3.57. The van der Waals surface area contributed by atoms with Crippen LogP contribution in [0.25, 0.3) is 0 Å². The van der Waals surface area contributed by atoms with E-state index in [2.05, 4.69) is 49.5 Å². The lowest BCUT2D eigenvalue weighted by atomic mass is 9.94.